The SMILES string of the molecule is CCOC(=O)C(C)OCC(C)OCCOS(C)(=O)=O. The molecule has 0 aliphatic carbocycles. The predicted octanol–water partition coefficient (Wildman–Crippen LogP) is 0.336. The smallest absolute Gasteiger partial charge is 0.334 e. The maximum Gasteiger partial charge on any atom is 0.334 e. The highest BCUT2D eigenvalue weighted by Crippen LogP contribution is 1.99. The standard InChI is InChI=1S/C11H22O7S/c1-5-15-11(12)10(3)17-8-9(2)16-6-7-18-19(4,13)14/h9-10H,5-8H2,1-4H3. The first-order valence-electron chi connectivity index (χ1n) is 6.00. The number of hydrogen-bond donors (Lipinski definition) is 0. The predicted molar refractivity (Wildman–Crippen MR) is 68.3 cm³/mol. The molecular formula is C11H22O7S. The molecule has 7 nitrogen and oxygen atoms in total. The van der Waals surface area contributed by atoms with Crippen LogP contribution in [0.25, 0.3) is 0 Å². The topological polar surface area (TPSA) is 88.1 Å². The highest BCUT2D eigenvalue weighted by Gasteiger charge is 2.15. The Balaban J connectivity index is 3.69. The van der Waals surface area contributed by atoms with E-state index in [0.29, 0.717) is 6.61 Å². The molecule has 0 radical (unpaired) electrons. The molecule has 19 heavy (non-hydrogen) atoms. The highest BCUT2D eigenvalue weighted by atomic mass is 32.2. The van der Waals surface area contributed by atoms with Crippen molar-refractivity contribution < 1.29 is 31.6 Å². The van der Waals surface area contributed by atoms with Gasteiger partial charge in [0, 0.05) is 0 Å². The lowest BCUT2D eigenvalue weighted by atomic mass is 10.4. The summed E-state index contributed by atoms with van der Waals surface area (Å²) in [5.41, 5.74) is 0. The summed E-state index contributed by atoms with van der Waals surface area (Å²) in [5.74, 6) is -0.421. The highest BCUT2D eigenvalue weighted by molar-refractivity contribution is 7.85. The van der Waals surface area contributed by atoms with E-state index in [-0.39, 0.29) is 25.9 Å². The van der Waals surface area contributed by atoms with Crippen LogP contribution in [0, 0.1) is 0 Å². The van der Waals surface area contributed by atoms with E-state index in [1.807, 2.05) is 0 Å². The maximum atomic E-state index is 11.3. The monoisotopic (exact) mass is 298 g/mol. The molecule has 0 bridgehead atoms. The molecule has 0 aromatic heterocycles. The third kappa shape index (κ3) is 10.9. The summed E-state index contributed by atoms with van der Waals surface area (Å²) < 4.78 is 41.2. The molecule has 0 saturated heterocycles. The summed E-state index contributed by atoms with van der Waals surface area (Å²) in [6, 6.07) is 0. The zero-order valence-corrected chi connectivity index (χ0v) is 12.6. The van der Waals surface area contributed by atoms with Gasteiger partial charge in [0.1, 0.15) is 0 Å². The van der Waals surface area contributed by atoms with Gasteiger partial charge < -0.3 is 14.2 Å². The molecule has 0 rings (SSSR count). The second-order valence-corrected chi connectivity index (χ2v) is 5.58. The van der Waals surface area contributed by atoms with Crippen molar-refractivity contribution in [2.75, 3.05) is 32.7 Å². The van der Waals surface area contributed by atoms with Crippen LogP contribution in [-0.4, -0.2) is 59.3 Å². The van der Waals surface area contributed by atoms with Crippen LogP contribution in [0.5, 0.6) is 0 Å². The van der Waals surface area contributed by atoms with Gasteiger partial charge in [-0.2, -0.15) is 8.42 Å². The summed E-state index contributed by atoms with van der Waals surface area (Å²) in [7, 11) is -3.44. The average Bonchev–Trinajstić information content (AvgIpc) is 2.30. The van der Waals surface area contributed by atoms with Crippen LogP contribution in [0.4, 0.5) is 0 Å². The van der Waals surface area contributed by atoms with Crippen molar-refractivity contribution in [3.05, 3.63) is 0 Å². The lowest BCUT2D eigenvalue weighted by molar-refractivity contribution is -0.157. The van der Waals surface area contributed by atoms with Crippen LogP contribution >= 0.6 is 0 Å². The number of carbonyl (C=O) groups excluding carboxylic acids is 1. The molecule has 2 atom stereocenters. The van der Waals surface area contributed by atoms with Gasteiger partial charge >= 0.3 is 5.97 Å². The van der Waals surface area contributed by atoms with Crippen LogP contribution in [0.3, 0.4) is 0 Å². The van der Waals surface area contributed by atoms with Crippen molar-refractivity contribution in [1.29, 1.82) is 0 Å². The Morgan fingerprint density at radius 3 is 2.32 bits per heavy atom. The molecule has 8 heteroatoms. The minimum atomic E-state index is -3.44. The van der Waals surface area contributed by atoms with Gasteiger partial charge in [0.2, 0.25) is 0 Å². The minimum Gasteiger partial charge on any atom is -0.464 e. The van der Waals surface area contributed by atoms with E-state index < -0.39 is 22.2 Å². The summed E-state index contributed by atoms with van der Waals surface area (Å²) >= 11 is 0. The van der Waals surface area contributed by atoms with Gasteiger partial charge in [-0.25, -0.2) is 4.79 Å². The molecule has 0 spiro atoms. The summed E-state index contributed by atoms with van der Waals surface area (Å²) in [6.07, 6.45) is 0.0407. The Morgan fingerprint density at radius 1 is 1.16 bits per heavy atom. The van der Waals surface area contributed by atoms with Gasteiger partial charge in [0.25, 0.3) is 10.1 Å². The normalized spacial score (nSPS) is 14.9. The zero-order valence-electron chi connectivity index (χ0n) is 11.7. The largest absolute Gasteiger partial charge is 0.464 e. The second-order valence-electron chi connectivity index (χ2n) is 3.94. The van der Waals surface area contributed by atoms with Crippen molar-refractivity contribution >= 4 is 16.1 Å². The van der Waals surface area contributed by atoms with Crippen LogP contribution < -0.4 is 0 Å². The fraction of sp³-hybridized carbons (Fsp3) is 0.909. The van der Waals surface area contributed by atoms with Crippen molar-refractivity contribution in [3.8, 4) is 0 Å². The Labute approximate surface area is 114 Å². The second kappa shape index (κ2) is 9.24. The molecule has 0 aliphatic heterocycles. The van der Waals surface area contributed by atoms with Gasteiger partial charge in [0.05, 0.1) is 38.8 Å². The first-order valence-corrected chi connectivity index (χ1v) is 7.82. The van der Waals surface area contributed by atoms with Crippen molar-refractivity contribution in [2.45, 2.75) is 33.0 Å². The lowest BCUT2D eigenvalue weighted by Crippen LogP contribution is -2.28. The molecule has 0 aromatic carbocycles. The van der Waals surface area contributed by atoms with E-state index in [1.165, 1.54) is 0 Å². The van der Waals surface area contributed by atoms with Crippen molar-refractivity contribution in [1.82, 2.24) is 0 Å². The van der Waals surface area contributed by atoms with E-state index in [2.05, 4.69) is 4.18 Å². The molecule has 2 unspecified atom stereocenters. The summed E-state index contributed by atoms with van der Waals surface area (Å²) in [6.45, 7) is 5.66. The molecule has 0 heterocycles. The Hall–Kier alpha value is -0.700. The molecule has 0 aliphatic rings. The number of carbonyl (C=O) groups is 1. The molecule has 0 saturated carbocycles. The Kier molecular flexibility index (Phi) is 8.90. The molecule has 0 N–H and O–H groups in total. The van der Waals surface area contributed by atoms with Crippen LogP contribution in [0.15, 0.2) is 0 Å². The first-order chi connectivity index (χ1) is 8.76. The zero-order chi connectivity index (χ0) is 14.9. The number of hydrogen-bond acceptors (Lipinski definition) is 7. The van der Waals surface area contributed by atoms with E-state index in [9.17, 15) is 13.2 Å². The van der Waals surface area contributed by atoms with Gasteiger partial charge in [-0.3, -0.25) is 4.18 Å². The molecule has 0 amide bonds. The number of ether oxygens (including phenoxy) is 3. The third-order valence-electron chi connectivity index (χ3n) is 1.98. The average molecular weight is 298 g/mol. The van der Waals surface area contributed by atoms with E-state index >= 15 is 0 Å². The van der Waals surface area contributed by atoms with Crippen molar-refractivity contribution in [3.63, 3.8) is 0 Å². The van der Waals surface area contributed by atoms with Crippen LogP contribution in [0.1, 0.15) is 20.8 Å². The van der Waals surface area contributed by atoms with Crippen LogP contribution in [-0.2, 0) is 33.3 Å². The third-order valence-corrected chi connectivity index (χ3v) is 2.58. The number of rotatable bonds is 10. The summed E-state index contributed by atoms with van der Waals surface area (Å²) in [5, 5.41) is 0. The minimum absolute atomic E-state index is 0.0450. The van der Waals surface area contributed by atoms with Crippen LogP contribution in [0.2, 0.25) is 0 Å². The Morgan fingerprint density at radius 2 is 1.79 bits per heavy atom. The Bertz CT molecular complexity index is 352. The lowest BCUT2D eigenvalue weighted by Gasteiger charge is -2.16. The fourth-order valence-electron chi connectivity index (χ4n) is 1.09. The van der Waals surface area contributed by atoms with Gasteiger partial charge in [-0.1, -0.05) is 0 Å². The molecular weight excluding hydrogens is 276 g/mol. The maximum absolute atomic E-state index is 11.3. The molecule has 0 fully saturated rings. The molecule has 114 valence electrons. The van der Waals surface area contributed by atoms with Gasteiger partial charge in [-0.05, 0) is 20.8 Å². The first kappa shape index (κ1) is 18.3. The van der Waals surface area contributed by atoms with Crippen molar-refractivity contribution in [2.24, 2.45) is 0 Å². The fourth-order valence-corrected chi connectivity index (χ4v) is 1.46. The van der Waals surface area contributed by atoms with E-state index in [0.717, 1.165) is 6.26 Å². The van der Waals surface area contributed by atoms with Gasteiger partial charge in [0.15, 0.2) is 6.10 Å². The number of esters is 1. The summed E-state index contributed by atoms with van der Waals surface area (Å²) in [4.78, 5) is 11.3. The van der Waals surface area contributed by atoms with Gasteiger partial charge in [-0.15, -0.1) is 0 Å². The van der Waals surface area contributed by atoms with E-state index in [4.69, 9.17) is 14.2 Å². The van der Waals surface area contributed by atoms with E-state index in [1.54, 1.807) is 20.8 Å². The molecule has 0 aromatic rings. The quantitative estimate of drug-likeness (QED) is 0.326.